The number of rotatable bonds is 0. The summed E-state index contributed by atoms with van der Waals surface area (Å²) in [6.45, 7) is 6.40. The first-order chi connectivity index (χ1) is 9.46. The molecule has 20 heavy (non-hydrogen) atoms. The van der Waals surface area contributed by atoms with Crippen molar-refractivity contribution in [2.45, 2.75) is 70.2 Å². The molecule has 2 saturated carbocycles. The van der Waals surface area contributed by atoms with Crippen molar-refractivity contribution in [2.75, 3.05) is 0 Å². The van der Waals surface area contributed by atoms with Crippen molar-refractivity contribution in [1.29, 1.82) is 0 Å². The van der Waals surface area contributed by atoms with E-state index < -0.39 is 0 Å². The predicted octanol–water partition coefficient (Wildman–Crippen LogP) is 2.85. The van der Waals surface area contributed by atoms with Gasteiger partial charge in [-0.2, -0.15) is 0 Å². The van der Waals surface area contributed by atoms with Crippen LogP contribution in [-0.4, -0.2) is 23.3 Å². The minimum atomic E-state index is -0.388. The highest BCUT2D eigenvalue weighted by Crippen LogP contribution is 2.60. The highest BCUT2D eigenvalue weighted by molar-refractivity contribution is 5.74. The van der Waals surface area contributed by atoms with E-state index in [1.807, 2.05) is 6.92 Å². The lowest BCUT2D eigenvalue weighted by Gasteiger charge is -2.58. The van der Waals surface area contributed by atoms with E-state index in [1.165, 1.54) is 6.42 Å². The van der Waals surface area contributed by atoms with Gasteiger partial charge in [0.05, 0.1) is 5.92 Å². The molecule has 4 nitrogen and oxygen atoms in total. The molecule has 5 fully saturated rings. The van der Waals surface area contributed by atoms with E-state index in [2.05, 4.69) is 13.8 Å². The van der Waals surface area contributed by atoms with Crippen LogP contribution in [0.1, 0.15) is 52.9 Å². The number of fused-ring (bicyclic) bond motifs is 2. The zero-order valence-corrected chi connectivity index (χ0v) is 12.6. The van der Waals surface area contributed by atoms with Crippen LogP contribution < -0.4 is 0 Å². The third kappa shape index (κ3) is 1.47. The summed E-state index contributed by atoms with van der Waals surface area (Å²) >= 11 is 0. The lowest BCUT2D eigenvalue weighted by atomic mass is 9.57. The molecular formula is C16H24O4. The Labute approximate surface area is 120 Å². The van der Waals surface area contributed by atoms with E-state index in [4.69, 9.17) is 14.5 Å². The maximum atomic E-state index is 12.2. The molecule has 112 valence electrons. The fraction of sp³-hybridized carbons (Fsp3) is 0.938. The molecule has 2 aliphatic carbocycles. The predicted molar refractivity (Wildman–Crippen MR) is 71.6 cm³/mol. The van der Waals surface area contributed by atoms with Gasteiger partial charge in [-0.3, -0.25) is 4.79 Å². The van der Waals surface area contributed by atoms with Crippen LogP contribution in [0.15, 0.2) is 0 Å². The molecular weight excluding hydrogens is 256 g/mol. The average Bonchev–Trinajstić information content (AvgIpc) is 2.63. The van der Waals surface area contributed by atoms with E-state index in [9.17, 15) is 4.79 Å². The Hall–Kier alpha value is -0.610. The second kappa shape index (κ2) is 3.98. The first kappa shape index (κ1) is 13.1. The monoisotopic (exact) mass is 280 g/mol. The summed E-state index contributed by atoms with van der Waals surface area (Å²) in [4.78, 5) is 24.1. The molecule has 0 aromatic heterocycles. The topological polar surface area (TPSA) is 44.8 Å². The van der Waals surface area contributed by atoms with Crippen molar-refractivity contribution in [2.24, 2.45) is 23.7 Å². The third-order valence-electron chi connectivity index (χ3n) is 6.50. The zero-order valence-electron chi connectivity index (χ0n) is 12.6. The SMILES string of the molecule is C[C@@H]1CCC2[C@@H](C)C(=O)O[C@@H]3C[C@]4(C)CCC1C23OO4. The van der Waals surface area contributed by atoms with Crippen LogP contribution in [0.5, 0.6) is 0 Å². The van der Waals surface area contributed by atoms with Gasteiger partial charge in [0, 0.05) is 12.3 Å². The van der Waals surface area contributed by atoms with Crippen LogP contribution in [-0.2, 0) is 19.3 Å². The second-order valence-electron chi connectivity index (χ2n) is 7.69. The van der Waals surface area contributed by atoms with Gasteiger partial charge in [0.15, 0.2) is 0 Å². The Bertz CT molecular complexity index is 450. The Morgan fingerprint density at radius 2 is 1.90 bits per heavy atom. The van der Waals surface area contributed by atoms with Crippen LogP contribution in [0, 0.1) is 23.7 Å². The quantitative estimate of drug-likeness (QED) is 0.505. The van der Waals surface area contributed by atoms with E-state index in [1.54, 1.807) is 0 Å². The second-order valence-corrected chi connectivity index (χ2v) is 7.69. The van der Waals surface area contributed by atoms with Crippen LogP contribution in [0.2, 0.25) is 0 Å². The van der Waals surface area contributed by atoms with Crippen LogP contribution in [0.25, 0.3) is 0 Å². The van der Waals surface area contributed by atoms with Crippen molar-refractivity contribution >= 4 is 5.97 Å². The van der Waals surface area contributed by atoms with Gasteiger partial charge in [-0.25, -0.2) is 9.78 Å². The maximum Gasteiger partial charge on any atom is 0.309 e. The van der Waals surface area contributed by atoms with E-state index in [0.717, 1.165) is 25.7 Å². The van der Waals surface area contributed by atoms with E-state index in [-0.39, 0.29) is 35.1 Å². The van der Waals surface area contributed by atoms with Crippen LogP contribution >= 0.6 is 0 Å². The largest absolute Gasteiger partial charge is 0.459 e. The van der Waals surface area contributed by atoms with Gasteiger partial charge in [0.25, 0.3) is 0 Å². The normalized spacial score (nSPS) is 57.8. The van der Waals surface area contributed by atoms with Crippen LogP contribution in [0.4, 0.5) is 0 Å². The number of hydrogen-bond donors (Lipinski definition) is 0. The smallest absolute Gasteiger partial charge is 0.309 e. The van der Waals surface area contributed by atoms with Gasteiger partial charge in [-0.05, 0) is 44.4 Å². The summed E-state index contributed by atoms with van der Waals surface area (Å²) in [6, 6.07) is 0. The molecule has 2 bridgehead atoms. The molecule has 3 saturated heterocycles. The Balaban J connectivity index is 1.84. The first-order valence-electron chi connectivity index (χ1n) is 8.04. The third-order valence-corrected chi connectivity index (χ3v) is 6.50. The van der Waals surface area contributed by atoms with Crippen molar-refractivity contribution in [3.05, 3.63) is 0 Å². The van der Waals surface area contributed by atoms with E-state index in [0.29, 0.717) is 11.8 Å². The summed E-state index contributed by atoms with van der Waals surface area (Å²) in [5.41, 5.74) is -0.681. The minimum Gasteiger partial charge on any atom is -0.459 e. The molecule has 0 aromatic rings. The van der Waals surface area contributed by atoms with Gasteiger partial charge >= 0.3 is 5.97 Å². The lowest BCUT2D eigenvalue weighted by molar-refractivity contribution is -0.476. The first-order valence-corrected chi connectivity index (χ1v) is 8.04. The molecule has 0 aromatic carbocycles. The van der Waals surface area contributed by atoms with Gasteiger partial charge in [0.1, 0.15) is 17.3 Å². The molecule has 3 aliphatic heterocycles. The summed E-state index contributed by atoms with van der Waals surface area (Å²) in [5.74, 6) is 1.19. The number of ether oxygens (including phenoxy) is 1. The molecule has 3 heterocycles. The lowest BCUT2D eigenvalue weighted by Crippen LogP contribution is -2.68. The molecule has 5 rings (SSSR count). The Kier molecular flexibility index (Phi) is 2.60. The maximum absolute atomic E-state index is 12.2. The molecule has 0 amide bonds. The molecule has 0 N–H and O–H groups in total. The highest BCUT2D eigenvalue weighted by Gasteiger charge is 2.68. The van der Waals surface area contributed by atoms with E-state index >= 15 is 0 Å². The van der Waals surface area contributed by atoms with Crippen LogP contribution in [0.3, 0.4) is 0 Å². The van der Waals surface area contributed by atoms with Gasteiger partial charge in [-0.1, -0.05) is 13.8 Å². The Morgan fingerprint density at radius 1 is 1.10 bits per heavy atom. The fourth-order valence-electron chi connectivity index (χ4n) is 5.30. The van der Waals surface area contributed by atoms with Crippen molar-refractivity contribution in [3.63, 3.8) is 0 Å². The molecule has 1 spiro atoms. The molecule has 3 unspecified atom stereocenters. The van der Waals surface area contributed by atoms with Gasteiger partial charge in [-0.15, -0.1) is 0 Å². The zero-order chi connectivity index (χ0) is 14.1. The number of carbonyl (C=O) groups excluding carboxylic acids is 1. The Morgan fingerprint density at radius 3 is 2.70 bits per heavy atom. The van der Waals surface area contributed by atoms with Crippen molar-refractivity contribution in [1.82, 2.24) is 0 Å². The minimum absolute atomic E-state index is 0.0429. The summed E-state index contributed by atoms with van der Waals surface area (Å²) in [5, 5.41) is 0. The number of carbonyl (C=O) groups is 1. The molecule has 7 atom stereocenters. The molecule has 4 heteroatoms. The standard InChI is InChI=1S/C16H24O4/c1-9-4-5-12-10(2)14(17)18-13-8-15(3)7-6-11(9)16(12,13)20-19-15/h9-13H,4-8H2,1-3H3/t9-,10-,11?,12?,13-,15+,16?/m1/s1. The molecule has 5 aliphatic rings. The van der Waals surface area contributed by atoms with Gasteiger partial charge < -0.3 is 4.74 Å². The average molecular weight is 280 g/mol. The number of hydrogen-bond acceptors (Lipinski definition) is 4. The summed E-state index contributed by atoms with van der Waals surface area (Å²) < 4.78 is 5.81. The number of esters is 1. The highest BCUT2D eigenvalue weighted by atomic mass is 17.2. The summed E-state index contributed by atoms with van der Waals surface area (Å²) in [6.07, 6.45) is 5.01. The van der Waals surface area contributed by atoms with Crippen molar-refractivity contribution in [3.8, 4) is 0 Å². The molecule has 0 radical (unpaired) electrons. The summed E-state index contributed by atoms with van der Waals surface area (Å²) in [7, 11) is 0. The fourth-order valence-corrected chi connectivity index (χ4v) is 5.30. The van der Waals surface area contributed by atoms with Crippen molar-refractivity contribution < 1.29 is 19.3 Å². The van der Waals surface area contributed by atoms with Gasteiger partial charge in [0.2, 0.25) is 0 Å².